The first-order valence-electron chi connectivity index (χ1n) is 4.16. The van der Waals surface area contributed by atoms with Gasteiger partial charge in [-0.2, -0.15) is 0 Å². The van der Waals surface area contributed by atoms with Crippen LogP contribution in [0.15, 0.2) is 12.1 Å². The molecule has 0 unspecified atom stereocenters. The minimum Gasteiger partial charge on any atom is -0.508 e. The summed E-state index contributed by atoms with van der Waals surface area (Å²) in [5, 5.41) is 19.1. The van der Waals surface area contributed by atoms with Gasteiger partial charge in [-0.1, -0.05) is 13.8 Å². The SMILES string of the molecule is COc1ccc(O)c(C(C)C)c1O. The van der Waals surface area contributed by atoms with Crippen LogP contribution in [0.25, 0.3) is 0 Å². The van der Waals surface area contributed by atoms with Gasteiger partial charge in [-0.05, 0) is 18.1 Å². The fourth-order valence-corrected chi connectivity index (χ4v) is 1.31. The van der Waals surface area contributed by atoms with Crippen molar-refractivity contribution in [1.82, 2.24) is 0 Å². The second kappa shape index (κ2) is 3.56. The Morgan fingerprint density at radius 2 is 1.85 bits per heavy atom. The van der Waals surface area contributed by atoms with Crippen molar-refractivity contribution in [3.63, 3.8) is 0 Å². The van der Waals surface area contributed by atoms with Crippen LogP contribution in [0.4, 0.5) is 0 Å². The maximum atomic E-state index is 9.66. The summed E-state index contributed by atoms with van der Waals surface area (Å²) in [6, 6.07) is 3.06. The normalized spacial score (nSPS) is 10.5. The molecule has 0 radical (unpaired) electrons. The minimum absolute atomic E-state index is 0.0255. The van der Waals surface area contributed by atoms with Gasteiger partial charge in [-0.3, -0.25) is 0 Å². The molecule has 0 bridgehead atoms. The van der Waals surface area contributed by atoms with E-state index >= 15 is 0 Å². The zero-order chi connectivity index (χ0) is 10.0. The molecule has 0 amide bonds. The Morgan fingerprint density at radius 1 is 1.23 bits per heavy atom. The molecule has 0 saturated carbocycles. The first kappa shape index (κ1) is 9.71. The predicted molar refractivity (Wildman–Crippen MR) is 50.4 cm³/mol. The summed E-state index contributed by atoms with van der Waals surface area (Å²) in [7, 11) is 1.48. The predicted octanol–water partition coefficient (Wildman–Crippen LogP) is 2.23. The Morgan fingerprint density at radius 3 is 2.31 bits per heavy atom. The molecule has 0 aliphatic rings. The molecule has 0 heterocycles. The summed E-state index contributed by atoms with van der Waals surface area (Å²) in [6.45, 7) is 3.79. The molecule has 0 saturated heterocycles. The number of hydrogen-bond acceptors (Lipinski definition) is 3. The lowest BCUT2D eigenvalue weighted by Crippen LogP contribution is -1.92. The molecule has 0 spiro atoms. The quantitative estimate of drug-likeness (QED) is 0.737. The highest BCUT2D eigenvalue weighted by Crippen LogP contribution is 2.39. The molecule has 0 fully saturated rings. The van der Waals surface area contributed by atoms with E-state index in [-0.39, 0.29) is 17.4 Å². The number of phenols is 2. The number of rotatable bonds is 2. The van der Waals surface area contributed by atoms with E-state index in [2.05, 4.69) is 0 Å². The van der Waals surface area contributed by atoms with Crippen LogP contribution in [0.2, 0.25) is 0 Å². The average Bonchev–Trinajstić information content (AvgIpc) is 2.04. The summed E-state index contributed by atoms with van der Waals surface area (Å²) in [6.07, 6.45) is 0. The van der Waals surface area contributed by atoms with E-state index in [1.807, 2.05) is 13.8 Å². The molecule has 0 aliphatic carbocycles. The second-order valence-electron chi connectivity index (χ2n) is 3.20. The summed E-state index contributed by atoms with van der Waals surface area (Å²) >= 11 is 0. The van der Waals surface area contributed by atoms with E-state index in [0.717, 1.165) is 0 Å². The molecule has 0 aromatic heterocycles. The van der Waals surface area contributed by atoms with Crippen molar-refractivity contribution in [1.29, 1.82) is 0 Å². The zero-order valence-electron chi connectivity index (χ0n) is 8.03. The Labute approximate surface area is 77.6 Å². The molecule has 3 heteroatoms. The first-order chi connectivity index (χ1) is 6.07. The molecular formula is C10H14O3. The van der Waals surface area contributed by atoms with Crippen molar-refractivity contribution in [2.75, 3.05) is 7.11 Å². The van der Waals surface area contributed by atoms with E-state index in [4.69, 9.17) is 4.74 Å². The third kappa shape index (κ3) is 1.69. The topological polar surface area (TPSA) is 49.7 Å². The third-order valence-corrected chi connectivity index (χ3v) is 1.95. The molecule has 13 heavy (non-hydrogen) atoms. The van der Waals surface area contributed by atoms with Gasteiger partial charge in [0.15, 0.2) is 11.5 Å². The lowest BCUT2D eigenvalue weighted by molar-refractivity contribution is 0.363. The largest absolute Gasteiger partial charge is 0.508 e. The molecule has 0 atom stereocenters. The maximum absolute atomic E-state index is 9.66. The highest BCUT2D eigenvalue weighted by molar-refractivity contribution is 5.53. The van der Waals surface area contributed by atoms with E-state index in [1.165, 1.54) is 19.2 Å². The van der Waals surface area contributed by atoms with E-state index < -0.39 is 0 Å². The van der Waals surface area contributed by atoms with Gasteiger partial charge < -0.3 is 14.9 Å². The number of hydrogen-bond donors (Lipinski definition) is 2. The third-order valence-electron chi connectivity index (χ3n) is 1.95. The highest BCUT2D eigenvalue weighted by atomic mass is 16.5. The zero-order valence-corrected chi connectivity index (χ0v) is 8.03. The Kier molecular flexibility index (Phi) is 2.66. The van der Waals surface area contributed by atoms with Gasteiger partial charge in [0.05, 0.1) is 7.11 Å². The van der Waals surface area contributed by atoms with Crippen molar-refractivity contribution in [3.05, 3.63) is 17.7 Å². The monoisotopic (exact) mass is 182 g/mol. The van der Waals surface area contributed by atoms with E-state index in [1.54, 1.807) is 0 Å². The molecule has 1 rings (SSSR count). The lowest BCUT2D eigenvalue weighted by atomic mass is 10.0. The molecule has 1 aromatic carbocycles. The van der Waals surface area contributed by atoms with Crippen LogP contribution < -0.4 is 4.74 Å². The number of benzene rings is 1. The van der Waals surface area contributed by atoms with Gasteiger partial charge in [0, 0.05) is 5.56 Å². The van der Waals surface area contributed by atoms with Gasteiger partial charge in [0.1, 0.15) is 5.75 Å². The fraction of sp³-hybridized carbons (Fsp3) is 0.400. The van der Waals surface area contributed by atoms with Gasteiger partial charge in [0.2, 0.25) is 0 Å². The van der Waals surface area contributed by atoms with Crippen molar-refractivity contribution in [2.24, 2.45) is 0 Å². The summed E-state index contributed by atoms with van der Waals surface area (Å²) in [5.74, 6) is 0.586. The maximum Gasteiger partial charge on any atom is 0.164 e. The van der Waals surface area contributed by atoms with E-state index in [0.29, 0.717) is 11.3 Å². The second-order valence-corrected chi connectivity index (χ2v) is 3.20. The van der Waals surface area contributed by atoms with Crippen molar-refractivity contribution < 1.29 is 14.9 Å². The smallest absolute Gasteiger partial charge is 0.164 e. The number of ether oxygens (including phenoxy) is 1. The van der Waals surface area contributed by atoms with Crippen molar-refractivity contribution in [3.8, 4) is 17.2 Å². The standard InChI is InChI=1S/C10H14O3/c1-6(2)9-7(11)4-5-8(13-3)10(9)12/h4-6,11-12H,1-3H3. The number of methoxy groups -OCH3 is 1. The molecule has 2 N–H and O–H groups in total. The van der Waals surface area contributed by atoms with Crippen LogP contribution in [0, 0.1) is 0 Å². The summed E-state index contributed by atoms with van der Waals surface area (Å²) < 4.78 is 4.93. The van der Waals surface area contributed by atoms with Crippen LogP contribution in [0.1, 0.15) is 25.3 Å². The minimum atomic E-state index is 0.0255. The number of aromatic hydroxyl groups is 2. The van der Waals surface area contributed by atoms with Gasteiger partial charge >= 0.3 is 0 Å². The Hall–Kier alpha value is -1.38. The fourth-order valence-electron chi connectivity index (χ4n) is 1.31. The lowest BCUT2D eigenvalue weighted by Gasteiger charge is -2.13. The molecule has 72 valence electrons. The summed E-state index contributed by atoms with van der Waals surface area (Å²) in [5.41, 5.74) is 0.527. The molecule has 1 aromatic rings. The van der Waals surface area contributed by atoms with Gasteiger partial charge in [-0.25, -0.2) is 0 Å². The van der Waals surface area contributed by atoms with Crippen molar-refractivity contribution >= 4 is 0 Å². The van der Waals surface area contributed by atoms with Gasteiger partial charge in [-0.15, -0.1) is 0 Å². The highest BCUT2D eigenvalue weighted by Gasteiger charge is 2.15. The Balaban J connectivity index is 3.30. The Bertz CT molecular complexity index is 305. The van der Waals surface area contributed by atoms with Crippen LogP contribution in [0.3, 0.4) is 0 Å². The van der Waals surface area contributed by atoms with Gasteiger partial charge in [0.25, 0.3) is 0 Å². The van der Waals surface area contributed by atoms with Crippen molar-refractivity contribution in [2.45, 2.75) is 19.8 Å². The van der Waals surface area contributed by atoms with Crippen LogP contribution in [-0.4, -0.2) is 17.3 Å². The van der Waals surface area contributed by atoms with Crippen LogP contribution in [-0.2, 0) is 0 Å². The average molecular weight is 182 g/mol. The summed E-state index contributed by atoms with van der Waals surface area (Å²) in [4.78, 5) is 0. The molecular weight excluding hydrogens is 168 g/mol. The van der Waals surface area contributed by atoms with Crippen LogP contribution >= 0.6 is 0 Å². The molecule has 0 aliphatic heterocycles. The molecule has 3 nitrogen and oxygen atoms in total. The first-order valence-corrected chi connectivity index (χ1v) is 4.16. The number of phenolic OH excluding ortho intramolecular Hbond substituents is 2. The van der Waals surface area contributed by atoms with E-state index in [9.17, 15) is 10.2 Å². The van der Waals surface area contributed by atoms with Crippen LogP contribution in [0.5, 0.6) is 17.2 Å².